The summed E-state index contributed by atoms with van der Waals surface area (Å²) in [6, 6.07) is 11.4. The minimum absolute atomic E-state index is 0.290. The third kappa shape index (κ3) is 4.21. The van der Waals surface area contributed by atoms with Crippen molar-refractivity contribution >= 4 is 11.8 Å². The van der Waals surface area contributed by atoms with Gasteiger partial charge in [0.1, 0.15) is 5.82 Å². The zero-order chi connectivity index (χ0) is 19.3. The van der Waals surface area contributed by atoms with Crippen LogP contribution in [0.25, 0.3) is 11.3 Å². The van der Waals surface area contributed by atoms with E-state index >= 15 is 0 Å². The Balaban J connectivity index is 1.27. The molecule has 1 fully saturated rings. The van der Waals surface area contributed by atoms with Crippen LogP contribution in [0.4, 0.5) is 10.6 Å². The first-order chi connectivity index (χ1) is 13.7. The lowest BCUT2D eigenvalue weighted by molar-refractivity contribution is 0.252. The molecule has 0 aliphatic heterocycles. The Hall–Kier alpha value is -3.16. The molecule has 1 saturated carbocycles. The molecule has 2 amide bonds. The summed E-state index contributed by atoms with van der Waals surface area (Å²) in [4.78, 5) is 16.6. The molecule has 0 saturated heterocycles. The smallest absolute Gasteiger partial charge is 0.320 e. The van der Waals surface area contributed by atoms with Crippen LogP contribution in [0.2, 0.25) is 0 Å². The van der Waals surface area contributed by atoms with Gasteiger partial charge in [-0.2, -0.15) is 10.1 Å². The Morgan fingerprint density at radius 1 is 1.25 bits per heavy atom. The van der Waals surface area contributed by atoms with Gasteiger partial charge in [0.25, 0.3) is 0 Å². The lowest BCUT2D eigenvalue weighted by Gasteiger charge is -2.06. The first-order valence-electron chi connectivity index (χ1n) is 9.66. The van der Waals surface area contributed by atoms with E-state index in [1.807, 2.05) is 36.4 Å². The van der Waals surface area contributed by atoms with Crippen molar-refractivity contribution in [3.05, 3.63) is 48.1 Å². The zero-order valence-corrected chi connectivity index (χ0v) is 15.9. The van der Waals surface area contributed by atoms with Crippen LogP contribution < -0.4 is 10.6 Å². The van der Waals surface area contributed by atoms with E-state index in [2.05, 4.69) is 25.9 Å². The SMILES string of the molecule is Cn1nc(-c2ccccc2)cc1NC(=O)NCCc1noc(C2CCCC2)n1. The van der Waals surface area contributed by atoms with Crippen molar-refractivity contribution in [1.82, 2.24) is 25.2 Å². The molecule has 0 spiro atoms. The van der Waals surface area contributed by atoms with Gasteiger partial charge in [-0.3, -0.25) is 10.00 Å². The van der Waals surface area contributed by atoms with Gasteiger partial charge < -0.3 is 9.84 Å². The summed E-state index contributed by atoms with van der Waals surface area (Å²) in [5.41, 5.74) is 1.81. The molecule has 2 N–H and O–H groups in total. The van der Waals surface area contributed by atoms with Crippen LogP contribution >= 0.6 is 0 Å². The maximum absolute atomic E-state index is 12.2. The minimum atomic E-state index is -0.290. The number of aryl methyl sites for hydroxylation is 1. The van der Waals surface area contributed by atoms with Crippen molar-refractivity contribution in [3.63, 3.8) is 0 Å². The molecule has 2 aromatic heterocycles. The van der Waals surface area contributed by atoms with Gasteiger partial charge in [-0.1, -0.05) is 48.3 Å². The van der Waals surface area contributed by atoms with Crippen LogP contribution in [0.1, 0.15) is 43.3 Å². The highest BCUT2D eigenvalue weighted by Gasteiger charge is 2.22. The average molecular weight is 380 g/mol. The molecule has 8 nitrogen and oxygen atoms in total. The summed E-state index contributed by atoms with van der Waals surface area (Å²) in [6.07, 6.45) is 5.23. The van der Waals surface area contributed by atoms with Gasteiger partial charge >= 0.3 is 6.03 Å². The van der Waals surface area contributed by atoms with E-state index in [0.717, 1.165) is 30.0 Å². The summed E-state index contributed by atoms with van der Waals surface area (Å²) in [6.45, 7) is 0.429. The van der Waals surface area contributed by atoms with Gasteiger partial charge in [-0.05, 0) is 12.8 Å². The summed E-state index contributed by atoms with van der Waals surface area (Å²) in [7, 11) is 1.80. The monoisotopic (exact) mass is 380 g/mol. The van der Waals surface area contributed by atoms with Crippen LogP contribution in [-0.2, 0) is 13.5 Å². The molecule has 146 valence electrons. The predicted molar refractivity (Wildman–Crippen MR) is 105 cm³/mol. The molecule has 1 aliphatic rings. The second kappa shape index (κ2) is 8.24. The molecule has 0 unspecified atom stereocenters. The number of amides is 2. The number of hydrogen-bond donors (Lipinski definition) is 2. The maximum Gasteiger partial charge on any atom is 0.320 e. The highest BCUT2D eigenvalue weighted by Crippen LogP contribution is 2.32. The van der Waals surface area contributed by atoms with Crippen LogP contribution in [0, 0.1) is 0 Å². The summed E-state index contributed by atoms with van der Waals surface area (Å²) in [5, 5.41) is 14.1. The van der Waals surface area contributed by atoms with Crippen molar-refractivity contribution in [1.29, 1.82) is 0 Å². The quantitative estimate of drug-likeness (QED) is 0.682. The van der Waals surface area contributed by atoms with Gasteiger partial charge in [0, 0.05) is 37.6 Å². The van der Waals surface area contributed by atoms with E-state index in [1.54, 1.807) is 11.7 Å². The number of hydrogen-bond acceptors (Lipinski definition) is 5. The molecule has 3 aromatic rings. The maximum atomic E-state index is 12.2. The molecule has 1 aromatic carbocycles. The predicted octanol–water partition coefficient (Wildman–Crippen LogP) is 3.49. The van der Waals surface area contributed by atoms with Crippen LogP contribution in [0.5, 0.6) is 0 Å². The highest BCUT2D eigenvalue weighted by atomic mass is 16.5. The van der Waals surface area contributed by atoms with E-state index in [-0.39, 0.29) is 6.03 Å². The molecule has 1 aliphatic carbocycles. The van der Waals surface area contributed by atoms with Gasteiger partial charge in [-0.25, -0.2) is 4.79 Å². The lowest BCUT2D eigenvalue weighted by atomic mass is 10.1. The Kier molecular flexibility index (Phi) is 5.36. The molecule has 8 heteroatoms. The number of carbonyl (C=O) groups is 1. The van der Waals surface area contributed by atoms with Crippen LogP contribution in [-0.4, -0.2) is 32.5 Å². The fourth-order valence-corrected chi connectivity index (χ4v) is 3.49. The Labute approximate surface area is 163 Å². The molecule has 0 atom stereocenters. The Morgan fingerprint density at radius 2 is 2.04 bits per heavy atom. The van der Waals surface area contributed by atoms with Gasteiger partial charge in [0.15, 0.2) is 5.82 Å². The van der Waals surface area contributed by atoms with Crippen molar-refractivity contribution in [2.75, 3.05) is 11.9 Å². The van der Waals surface area contributed by atoms with E-state index in [1.165, 1.54) is 12.8 Å². The van der Waals surface area contributed by atoms with E-state index in [9.17, 15) is 4.79 Å². The number of carbonyl (C=O) groups excluding carboxylic acids is 1. The second-order valence-electron chi connectivity index (χ2n) is 7.07. The standard InChI is InChI=1S/C20H24N6O2/c1-26-18(13-16(24-26)14-7-3-2-4-8-14)23-20(27)21-12-11-17-22-19(28-25-17)15-9-5-6-10-15/h2-4,7-8,13,15H,5-6,9-12H2,1H3,(H2,21,23,27). The normalized spacial score (nSPS) is 14.3. The van der Waals surface area contributed by atoms with Gasteiger partial charge in [0.2, 0.25) is 5.89 Å². The van der Waals surface area contributed by atoms with Crippen LogP contribution in [0.15, 0.2) is 40.9 Å². The first kappa shape index (κ1) is 18.2. The minimum Gasteiger partial charge on any atom is -0.339 e. The highest BCUT2D eigenvalue weighted by molar-refractivity contribution is 5.89. The van der Waals surface area contributed by atoms with Crippen molar-refractivity contribution in [2.24, 2.45) is 7.05 Å². The fourth-order valence-electron chi connectivity index (χ4n) is 3.49. The molecule has 28 heavy (non-hydrogen) atoms. The van der Waals surface area contributed by atoms with E-state index < -0.39 is 0 Å². The second-order valence-corrected chi connectivity index (χ2v) is 7.07. The van der Waals surface area contributed by atoms with Crippen LogP contribution in [0.3, 0.4) is 0 Å². The molecule has 4 rings (SSSR count). The van der Waals surface area contributed by atoms with Crippen molar-refractivity contribution in [2.45, 2.75) is 38.0 Å². The van der Waals surface area contributed by atoms with Gasteiger partial charge in [0.05, 0.1) is 5.69 Å². The van der Waals surface area contributed by atoms with Gasteiger partial charge in [-0.15, -0.1) is 0 Å². The largest absolute Gasteiger partial charge is 0.339 e. The number of urea groups is 1. The molecule has 0 bridgehead atoms. The third-order valence-corrected chi connectivity index (χ3v) is 5.01. The number of anilines is 1. The lowest BCUT2D eigenvalue weighted by Crippen LogP contribution is -2.31. The number of nitrogens with one attached hydrogen (secondary N) is 2. The van der Waals surface area contributed by atoms with Crippen molar-refractivity contribution < 1.29 is 9.32 Å². The Bertz CT molecular complexity index is 927. The number of benzene rings is 1. The molecule has 2 heterocycles. The van der Waals surface area contributed by atoms with E-state index in [4.69, 9.17) is 4.52 Å². The fraction of sp³-hybridized carbons (Fsp3) is 0.400. The zero-order valence-electron chi connectivity index (χ0n) is 15.9. The third-order valence-electron chi connectivity index (χ3n) is 5.01. The van der Waals surface area contributed by atoms with Crippen molar-refractivity contribution in [3.8, 4) is 11.3 Å². The first-order valence-corrected chi connectivity index (χ1v) is 9.66. The molecular formula is C20H24N6O2. The average Bonchev–Trinajstić information content (AvgIpc) is 3.44. The van der Waals surface area contributed by atoms with E-state index in [0.29, 0.717) is 30.5 Å². The molecule has 0 radical (unpaired) electrons. The summed E-state index contributed by atoms with van der Waals surface area (Å²) < 4.78 is 7.01. The number of rotatable bonds is 6. The molecular weight excluding hydrogens is 356 g/mol. The summed E-state index contributed by atoms with van der Waals surface area (Å²) in [5.74, 6) is 2.40. The Morgan fingerprint density at radius 3 is 2.82 bits per heavy atom. The number of nitrogens with zero attached hydrogens (tertiary/aromatic N) is 4. The number of aromatic nitrogens is 4. The summed E-state index contributed by atoms with van der Waals surface area (Å²) >= 11 is 0. The topological polar surface area (TPSA) is 97.9 Å².